The van der Waals surface area contributed by atoms with Crippen LogP contribution in [0.4, 0.5) is 11.4 Å². The van der Waals surface area contributed by atoms with Crippen molar-refractivity contribution in [2.45, 2.75) is 6.61 Å². The van der Waals surface area contributed by atoms with E-state index in [1.807, 2.05) is 54.6 Å². The van der Waals surface area contributed by atoms with Gasteiger partial charge in [-0.15, -0.1) is 0 Å². The highest BCUT2D eigenvalue weighted by molar-refractivity contribution is 6.32. The summed E-state index contributed by atoms with van der Waals surface area (Å²) in [5.41, 5.74) is 2.55. The first-order valence-corrected chi connectivity index (χ1v) is 9.16. The van der Waals surface area contributed by atoms with Crippen LogP contribution in [-0.4, -0.2) is 19.6 Å². The zero-order valence-electron chi connectivity index (χ0n) is 15.4. The Morgan fingerprint density at radius 1 is 0.964 bits per heavy atom. The maximum absolute atomic E-state index is 12.1. The molecule has 0 radical (unpaired) electrons. The number of ether oxygens (including phenoxy) is 2. The highest BCUT2D eigenvalue weighted by atomic mass is 35.5. The molecular weight excluding hydrogens is 376 g/mol. The summed E-state index contributed by atoms with van der Waals surface area (Å²) < 4.78 is 10.8. The van der Waals surface area contributed by atoms with Gasteiger partial charge in [-0.25, -0.2) is 0 Å². The number of methoxy groups -OCH3 is 1. The van der Waals surface area contributed by atoms with E-state index in [9.17, 15) is 4.79 Å². The van der Waals surface area contributed by atoms with Crippen molar-refractivity contribution in [1.82, 2.24) is 0 Å². The third-order valence-corrected chi connectivity index (χ3v) is 4.29. The molecule has 3 aromatic carbocycles. The molecule has 0 bridgehead atoms. The predicted molar refractivity (Wildman–Crippen MR) is 112 cm³/mol. The number of rotatable bonds is 8. The van der Waals surface area contributed by atoms with E-state index >= 15 is 0 Å². The van der Waals surface area contributed by atoms with E-state index in [0.717, 1.165) is 17.0 Å². The fourth-order valence-corrected chi connectivity index (χ4v) is 2.80. The topological polar surface area (TPSA) is 59.6 Å². The van der Waals surface area contributed by atoms with Crippen LogP contribution in [0.1, 0.15) is 5.56 Å². The van der Waals surface area contributed by atoms with E-state index in [2.05, 4.69) is 10.6 Å². The first kappa shape index (κ1) is 19.6. The average molecular weight is 397 g/mol. The number of amides is 1. The molecule has 28 heavy (non-hydrogen) atoms. The quantitative estimate of drug-likeness (QED) is 0.563. The Labute approximate surface area is 169 Å². The number of nitrogens with one attached hydrogen (secondary N) is 2. The van der Waals surface area contributed by atoms with Crippen molar-refractivity contribution in [3.63, 3.8) is 0 Å². The number of anilines is 2. The number of halogens is 1. The maximum atomic E-state index is 12.1. The summed E-state index contributed by atoms with van der Waals surface area (Å²) in [6, 6.07) is 22.6. The minimum absolute atomic E-state index is 0.133. The molecule has 3 rings (SSSR count). The molecule has 0 aliphatic rings. The number of carbonyl (C=O) groups excluding carboxylic acids is 1. The van der Waals surface area contributed by atoms with Gasteiger partial charge in [0.05, 0.1) is 18.7 Å². The van der Waals surface area contributed by atoms with Crippen molar-refractivity contribution in [2.75, 3.05) is 24.3 Å². The molecule has 0 fully saturated rings. The molecule has 0 saturated carbocycles. The van der Waals surface area contributed by atoms with Crippen molar-refractivity contribution >= 4 is 28.9 Å². The van der Waals surface area contributed by atoms with E-state index in [1.165, 1.54) is 0 Å². The molecule has 144 valence electrons. The largest absolute Gasteiger partial charge is 0.495 e. The van der Waals surface area contributed by atoms with Gasteiger partial charge in [-0.1, -0.05) is 41.9 Å². The van der Waals surface area contributed by atoms with Crippen LogP contribution >= 0.6 is 11.6 Å². The van der Waals surface area contributed by atoms with E-state index < -0.39 is 0 Å². The third kappa shape index (κ3) is 5.66. The van der Waals surface area contributed by atoms with Gasteiger partial charge in [0.15, 0.2) is 0 Å². The number of hydrogen-bond acceptors (Lipinski definition) is 4. The second-order valence-corrected chi connectivity index (χ2v) is 6.46. The molecule has 0 atom stereocenters. The summed E-state index contributed by atoms with van der Waals surface area (Å²) in [7, 11) is 1.54. The van der Waals surface area contributed by atoms with Crippen LogP contribution in [-0.2, 0) is 11.4 Å². The van der Waals surface area contributed by atoms with E-state index in [-0.39, 0.29) is 12.5 Å². The van der Waals surface area contributed by atoms with Gasteiger partial charge in [0.2, 0.25) is 5.91 Å². The van der Waals surface area contributed by atoms with Crippen LogP contribution in [0.3, 0.4) is 0 Å². The molecule has 0 unspecified atom stereocenters. The lowest BCUT2D eigenvalue weighted by Crippen LogP contribution is -2.21. The Morgan fingerprint density at radius 2 is 1.68 bits per heavy atom. The van der Waals surface area contributed by atoms with Crippen molar-refractivity contribution in [2.24, 2.45) is 0 Å². The smallest absolute Gasteiger partial charge is 0.243 e. The summed E-state index contributed by atoms with van der Waals surface area (Å²) in [4.78, 5) is 12.1. The summed E-state index contributed by atoms with van der Waals surface area (Å²) in [5, 5.41) is 6.31. The lowest BCUT2D eigenvalue weighted by Gasteiger charge is -2.10. The molecule has 1 amide bonds. The molecular formula is C22H21ClN2O3. The summed E-state index contributed by atoms with van der Waals surface area (Å²) >= 11 is 6.06. The maximum Gasteiger partial charge on any atom is 0.243 e. The highest BCUT2D eigenvalue weighted by Gasteiger charge is 2.06. The Balaban J connectivity index is 1.46. The number of hydrogen-bond donors (Lipinski definition) is 2. The molecule has 0 aliphatic heterocycles. The summed E-state index contributed by atoms with van der Waals surface area (Å²) in [6.45, 7) is 0.647. The molecule has 2 N–H and O–H groups in total. The molecule has 6 heteroatoms. The Kier molecular flexibility index (Phi) is 6.76. The van der Waals surface area contributed by atoms with Crippen LogP contribution in [0.25, 0.3) is 0 Å². The number of carbonyl (C=O) groups is 1. The Bertz CT molecular complexity index is 915. The van der Waals surface area contributed by atoms with Gasteiger partial charge in [0, 0.05) is 11.4 Å². The second-order valence-electron chi connectivity index (χ2n) is 6.05. The molecule has 0 heterocycles. The molecule has 5 nitrogen and oxygen atoms in total. The van der Waals surface area contributed by atoms with E-state index in [1.54, 1.807) is 25.3 Å². The van der Waals surface area contributed by atoms with Gasteiger partial charge in [0.1, 0.15) is 18.1 Å². The van der Waals surface area contributed by atoms with Crippen molar-refractivity contribution in [3.05, 3.63) is 83.4 Å². The zero-order valence-corrected chi connectivity index (χ0v) is 16.2. The van der Waals surface area contributed by atoms with Crippen LogP contribution < -0.4 is 20.1 Å². The predicted octanol–water partition coefficient (Wildman–Crippen LogP) is 4.98. The van der Waals surface area contributed by atoms with Crippen LogP contribution in [0, 0.1) is 0 Å². The first-order valence-electron chi connectivity index (χ1n) is 8.78. The summed E-state index contributed by atoms with van der Waals surface area (Å²) in [6.07, 6.45) is 0. The van der Waals surface area contributed by atoms with Crippen molar-refractivity contribution < 1.29 is 14.3 Å². The second kappa shape index (κ2) is 9.67. The van der Waals surface area contributed by atoms with Gasteiger partial charge in [-0.05, 0) is 48.0 Å². The van der Waals surface area contributed by atoms with Gasteiger partial charge in [0.25, 0.3) is 0 Å². The van der Waals surface area contributed by atoms with Crippen molar-refractivity contribution in [3.8, 4) is 11.5 Å². The fraction of sp³-hybridized carbons (Fsp3) is 0.136. The normalized spacial score (nSPS) is 10.2. The summed E-state index contributed by atoms with van der Waals surface area (Å²) in [5.74, 6) is 1.16. The fourth-order valence-electron chi connectivity index (χ4n) is 2.54. The monoisotopic (exact) mass is 396 g/mol. The Morgan fingerprint density at radius 3 is 2.36 bits per heavy atom. The first-order chi connectivity index (χ1) is 13.6. The molecule has 0 aromatic heterocycles. The minimum atomic E-state index is -0.175. The van der Waals surface area contributed by atoms with Crippen molar-refractivity contribution in [1.29, 1.82) is 0 Å². The third-order valence-electron chi connectivity index (χ3n) is 3.99. The van der Waals surface area contributed by atoms with E-state index in [4.69, 9.17) is 21.1 Å². The number of benzene rings is 3. The van der Waals surface area contributed by atoms with Crippen LogP contribution in [0.2, 0.25) is 5.02 Å². The van der Waals surface area contributed by atoms with E-state index in [0.29, 0.717) is 23.1 Å². The molecule has 0 aliphatic carbocycles. The molecule has 0 spiro atoms. The molecule has 0 saturated heterocycles. The minimum Gasteiger partial charge on any atom is -0.495 e. The lowest BCUT2D eigenvalue weighted by atomic mass is 10.2. The van der Waals surface area contributed by atoms with Gasteiger partial charge >= 0.3 is 0 Å². The van der Waals surface area contributed by atoms with Gasteiger partial charge in [-0.2, -0.15) is 0 Å². The highest BCUT2D eigenvalue weighted by Crippen LogP contribution is 2.27. The molecule has 3 aromatic rings. The van der Waals surface area contributed by atoms with Crippen LogP contribution in [0.15, 0.2) is 72.8 Å². The lowest BCUT2D eigenvalue weighted by molar-refractivity contribution is -0.114. The average Bonchev–Trinajstić information content (AvgIpc) is 2.72. The standard InChI is InChI=1S/C22H21ClN2O3/c1-27-21-12-9-18(13-20(21)23)25-22(26)14-24-17-7-10-19(11-8-17)28-15-16-5-3-2-4-6-16/h2-13,24H,14-15H2,1H3,(H,25,26). The zero-order chi connectivity index (χ0) is 19.8. The van der Waals surface area contributed by atoms with Gasteiger partial charge < -0.3 is 20.1 Å². The Hall–Kier alpha value is -3.18. The van der Waals surface area contributed by atoms with Gasteiger partial charge in [-0.3, -0.25) is 4.79 Å². The SMILES string of the molecule is COc1ccc(NC(=O)CNc2ccc(OCc3ccccc3)cc2)cc1Cl. The van der Waals surface area contributed by atoms with Crippen LogP contribution in [0.5, 0.6) is 11.5 Å².